The van der Waals surface area contributed by atoms with Crippen LogP contribution in [0.2, 0.25) is 0 Å². The minimum atomic E-state index is -0.200. The first-order valence-corrected chi connectivity index (χ1v) is 11.2. The number of hydrogen-bond acceptors (Lipinski definition) is 8. The van der Waals surface area contributed by atoms with Crippen LogP contribution in [0.15, 0.2) is 29.1 Å². The molecule has 0 radical (unpaired) electrons. The molecule has 5 rings (SSSR count). The van der Waals surface area contributed by atoms with Crippen LogP contribution in [-0.2, 0) is 16.0 Å². The van der Waals surface area contributed by atoms with E-state index in [0.717, 1.165) is 24.2 Å². The van der Waals surface area contributed by atoms with E-state index in [0.29, 0.717) is 61.7 Å². The number of hydrogen-bond donors (Lipinski definition) is 2. The van der Waals surface area contributed by atoms with Gasteiger partial charge in [-0.3, -0.25) is 14.6 Å². The number of nitrogens with zero attached hydrogens (tertiary/aromatic N) is 6. The van der Waals surface area contributed by atoms with Crippen LogP contribution in [0.4, 0.5) is 11.6 Å². The van der Waals surface area contributed by atoms with Gasteiger partial charge in [0.2, 0.25) is 11.9 Å². The summed E-state index contributed by atoms with van der Waals surface area (Å²) in [6.07, 6.45) is 2.70. The molecular formula is C22H26N8O3. The third-order valence-corrected chi connectivity index (χ3v) is 5.93. The molecule has 0 bridgehead atoms. The molecule has 0 atom stereocenters. The first-order chi connectivity index (χ1) is 16.1. The predicted octanol–water partition coefficient (Wildman–Crippen LogP) is 1.47. The van der Waals surface area contributed by atoms with Gasteiger partial charge in [0.15, 0.2) is 5.82 Å². The summed E-state index contributed by atoms with van der Waals surface area (Å²) >= 11 is 0. The van der Waals surface area contributed by atoms with Gasteiger partial charge >= 0.3 is 0 Å². The standard InChI is InChI=1S/C22H26N8O3/c1-14-18(21(32)25-22(23-14)29-10-12-33-13-11-29)8-9-19(31)24-16-4-2-15(3-5-16)20-26-27-28-30(20)17-6-7-17/h2-5,17H,6-13H2,1H3,(H,24,31)(H,23,25,32). The number of morpholine rings is 1. The number of carbonyl (C=O) groups is 1. The molecule has 11 nitrogen and oxygen atoms in total. The van der Waals surface area contributed by atoms with Gasteiger partial charge in [-0.25, -0.2) is 9.67 Å². The molecule has 2 N–H and O–H groups in total. The van der Waals surface area contributed by atoms with Crippen molar-refractivity contribution in [3.8, 4) is 11.4 Å². The first kappa shape index (κ1) is 21.3. The normalized spacial score (nSPS) is 16.1. The number of ether oxygens (including phenoxy) is 1. The lowest BCUT2D eigenvalue weighted by molar-refractivity contribution is -0.116. The Morgan fingerprint density at radius 2 is 1.97 bits per heavy atom. The summed E-state index contributed by atoms with van der Waals surface area (Å²) < 4.78 is 7.20. The fraction of sp³-hybridized carbons (Fsp3) is 0.455. The van der Waals surface area contributed by atoms with Crippen molar-refractivity contribution >= 4 is 17.5 Å². The van der Waals surface area contributed by atoms with Gasteiger partial charge in [0.25, 0.3) is 5.56 Å². The second-order valence-corrected chi connectivity index (χ2v) is 8.36. The second kappa shape index (κ2) is 9.10. The number of amides is 1. The maximum Gasteiger partial charge on any atom is 0.255 e. The average molecular weight is 451 g/mol. The topological polar surface area (TPSA) is 131 Å². The first-order valence-electron chi connectivity index (χ1n) is 11.2. The minimum Gasteiger partial charge on any atom is -0.378 e. The van der Waals surface area contributed by atoms with Crippen LogP contribution < -0.4 is 15.8 Å². The lowest BCUT2D eigenvalue weighted by Gasteiger charge is -2.27. The van der Waals surface area contributed by atoms with E-state index >= 15 is 0 Å². The summed E-state index contributed by atoms with van der Waals surface area (Å²) in [5.41, 5.74) is 2.56. The van der Waals surface area contributed by atoms with E-state index < -0.39 is 0 Å². The Balaban J connectivity index is 1.19. The highest BCUT2D eigenvalue weighted by molar-refractivity contribution is 5.91. The van der Waals surface area contributed by atoms with Crippen molar-refractivity contribution in [3.63, 3.8) is 0 Å². The highest BCUT2D eigenvalue weighted by atomic mass is 16.5. The van der Waals surface area contributed by atoms with Crippen molar-refractivity contribution in [2.24, 2.45) is 0 Å². The summed E-state index contributed by atoms with van der Waals surface area (Å²) in [4.78, 5) is 34.5. The van der Waals surface area contributed by atoms with Gasteiger partial charge in [-0.1, -0.05) is 0 Å². The number of aryl methyl sites for hydroxylation is 1. The molecule has 1 aromatic carbocycles. The van der Waals surface area contributed by atoms with Crippen LogP contribution in [0.1, 0.15) is 36.6 Å². The van der Waals surface area contributed by atoms with Gasteiger partial charge in [-0.15, -0.1) is 5.10 Å². The molecule has 3 aromatic rings. The fourth-order valence-corrected chi connectivity index (χ4v) is 3.93. The molecular weight excluding hydrogens is 424 g/mol. The third-order valence-electron chi connectivity index (χ3n) is 5.93. The number of aromatic amines is 1. The predicted molar refractivity (Wildman–Crippen MR) is 121 cm³/mol. The maximum absolute atomic E-state index is 12.6. The molecule has 11 heteroatoms. The quantitative estimate of drug-likeness (QED) is 0.553. The fourth-order valence-electron chi connectivity index (χ4n) is 3.93. The van der Waals surface area contributed by atoms with Gasteiger partial charge in [0.05, 0.1) is 19.3 Å². The Bertz CT molecular complexity index is 1190. The smallest absolute Gasteiger partial charge is 0.255 e. The zero-order valence-corrected chi connectivity index (χ0v) is 18.5. The van der Waals surface area contributed by atoms with Crippen LogP contribution in [0, 0.1) is 6.92 Å². The number of rotatable bonds is 7. The molecule has 2 fully saturated rings. The van der Waals surface area contributed by atoms with Crippen molar-refractivity contribution in [1.82, 2.24) is 30.2 Å². The van der Waals surface area contributed by atoms with Crippen molar-refractivity contribution in [2.75, 3.05) is 36.5 Å². The maximum atomic E-state index is 12.6. The number of carbonyl (C=O) groups excluding carboxylic acids is 1. The number of anilines is 2. The minimum absolute atomic E-state index is 0.165. The van der Waals surface area contributed by atoms with Crippen molar-refractivity contribution in [2.45, 2.75) is 38.6 Å². The van der Waals surface area contributed by atoms with Gasteiger partial charge in [0.1, 0.15) is 0 Å². The Morgan fingerprint density at radius 1 is 1.21 bits per heavy atom. The molecule has 0 spiro atoms. The summed E-state index contributed by atoms with van der Waals surface area (Å²) in [7, 11) is 0. The molecule has 1 saturated heterocycles. The number of tetrazole rings is 1. The molecule has 0 unspecified atom stereocenters. The Morgan fingerprint density at radius 3 is 2.67 bits per heavy atom. The van der Waals surface area contributed by atoms with Crippen LogP contribution >= 0.6 is 0 Å². The van der Waals surface area contributed by atoms with Gasteiger partial charge < -0.3 is 15.0 Å². The SMILES string of the molecule is Cc1nc(N2CCOCC2)[nH]c(=O)c1CCC(=O)Nc1ccc(-c2nnnn2C2CC2)cc1. The van der Waals surface area contributed by atoms with Gasteiger partial charge in [-0.05, 0) is 60.9 Å². The number of nitrogens with one attached hydrogen (secondary N) is 2. The van der Waals surface area contributed by atoms with Crippen LogP contribution in [0.5, 0.6) is 0 Å². The summed E-state index contributed by atoms with van der Waals surface area (Å²) in [5.74, 6) is 1.13. The monoisotopic (exact) mass is 450 g/mol. The molecule has 3 heterocycles. The van der Waals surface area contributed by atoms with E-state index in [-0.39, 0.29) is 17.9 Å². The molecule has 1 saturated carbocycles. The third kappa shape index (κ3) is 4.77. The lowest BCUT2D eigenvalue weighted by Crippen LogP contribution is -2.38. The molecule has 2 aliphatic rings. The van der Waals surface area contributed by atoms with Crippen molar-refractivity contribution < 1.29 is 9.53 Å². The van der Waals surface area contributed by atoms with Crippen LogP contribution in [0.3, 0.4) is 0 Å². The van der Waals surface area contributed by atoms with E-state index in [4.69, 9.17) is 4.74 Å². The average Bonchev–Trinajstić information content (AvgIpc) is 3.56. The van der Waals surface area contributed by atoms with Crippen LogP contribution in [-0.4, -0.2) is 62.4 Å². The van der Waals surface area contributed by atoms with E-state index in [1.165, 1.54) is 0 Å². The second-order valence-electron chi connectivity index (χ2n) is 8.36. The number of H-pyrrole nitrogens is 1. The van der Waals surface area contributed by atoms with E-state index in [9.17, 15) is 9.59 Å². The Labute approximate surface area is 190 Å². The molecule has 2 aromatic heterocycles. The van der Waals surface area contributed by atoms with Crippen molar-refractivity contribution in [3.05, 3.63) is 45.9 Å². The van der Waals surface area contributed by atoms with E-state index in [2.05, 4.69) is 30.8 Å². The zero-order chi connectivity index (χ0) is 22.8. The van der Waals surface area contributed by atoms with E-state index in [1.54, 1.807) is 6.92 Å². The lowest BCUT2D eigenvalue weighted by atomic mass is 10.1. The summed E-state index contributed by atoms with van der Waals surface area (Å²) in [6, 6.07) is 7.83. The van der Waals surface area contributed by atoms with Crippen molar-refractivity contribution in [1.29, 1.82) is 0 Å². The van der Waals surface area contributed by atoms with E-state index in [1.807, 2.05) is 33.8 Å². The molecule has 1 aliphatic carbocycles. The van der Waals surface area contributed by atoms with Crippen LogP contribution in [0.25, 0.3) is 11.4 Å². The Kier molecular flexibility index (Phi) is 5.86. The molecule has 1 amide bonds. The molecule has 33 heavy (non-hydrogen) atoms. The molecule has 1 aliphatic heterocycles. The summed E-state index contributed by atoms with van der Waals surface area (Å²) in [5, 5.41) is 14.9. The number of benzene rings is 1. The van der Waals surface area contributed by atoms with Gasteiger partial charge in [0, 0.05) is 42.0 Å². The highest BCUT2D eigenvalue weighted by Gasteiger charge is 2.28. The highest BCUT2D eigenvalue weighted by Crippen LogP contribution is 2.36. The largest absolute Gasteiger partial charge is 0.378 e. The zero-order valence-electron chi connectivity index (χ0n) is 18.5. The van der Waals surface area contributed by atoms with Gasteiger partial charge in [-0.2, -0.15) is 0 Å². The molecule has 172 valence electrons. The number of aromatic nitrogens is 6. The Hall–Kier alpha value is -3.60. The summed E-state index contributed by atoms with van der Waals surface area (Å²) in [6.45, 7) is 4.42.